The third kappa shape index (κ3) is 1.84. The van der Waals surface area contributed by atoms with Crippen LogP contribution < -0.4 is 4.74 Å². The lowest BCUT2D eigenvalue weighted by atomic mass is 10.0. The number of hydrogen-bond acceptors (Lipinski definition) is 2. The van der Waals surface area contributed by atoms with Gasteiger partial charge in [0.15, 0.2) is 0 Å². The van der Waals surface area contributed by atoms with Crippen LogP contribution in [0.3, 0.4) is 0 Å². The molecule has 0 spiro atoms. The highest BCUT2D eigenvalue weighted by molar-refractivity contribution is 14.0. The molecular weight excluding hydrogens is 301 g/mol. The highest BCUT2D eigenvalue weighted by atomic mass is 127. The highest BCUT2D eigenvalue weighted by Crippen LogP contribution is 2.35. The van der Waals surface area contributed by atoms with E-state index in [4.69, 9.17) is 4.74 Å². The molecule has 0 unspecified atom stereocenters. The fraction of sp³-hybridized carbons (Fsp3) is 0.0833. The van der Waals surface area contributed by atoms with Crippen LogP contribution in [-0.4, -0.2) is 4.98 Å². The molecule has 0 amide bonds. The van der Waals surface area contributed by atoms with E-state index >= 15 is 0 Å². The van der Waals surface area contributed by atoms with E-state index in [2.05, 4.69) is 11.1 Å². The zero-order valence-corrected chi connectivity index (χ0v) is 10.3. The van der Waals surface area contributed by atoms with E-state index < -0.39 is 0 Å². The first-order chi connectivity index (χ1) is 6.93. The summed E-state index contributed by atoms with van der Waals surface area (Å²) >= 11 is 0. The number of pyridine rings is 1. The molecule has 3 heteroatoms. The number of fused-ring (bicyclic) bond motifs is 2. The largest absolute Gasteiger partial charge is 0.455 e. The second-order valence-corrected chi connectivity index (χ2v) is 3.37. The lowest BCUT2D eigenvalue weighted by molar-refractivity contribution is 0.457. The quantitative estimate of drug-likeness (QED) is 0.594. The van der Waals surface area contributed by atoms with Gasteiger partial charge in [0.05, 0.1) is 6.20 Å². The minimum Gasteiger partial charge on any atom is -0.455 e. The Morgan fingerprint density at radius 2 is 1.80 bits per heavy atom. The average Bonchev–Trinajstić information content (AvgIpc) is 2.26. The number of halogens is 1. The van der Waals surface area contributed by atoms with Gasteiger partial charge in [-0.15, -0.1) is 24.0 Å². The van der Waals surface area contributed by atoms with Gasteiger partial charge in [-0.2, -0.15) is 0 Å². The van der Waals surface area contributed by atoms with Crippen molar-refractivity contribution in [2.24, 2.45) is 0 Å². The molecule has 2 nitrogen and oxygen atoms in total. The molecule has 0 saturated heterocycles. The standard InChI is InChI=1S/C12H9NO.HI/c1-2-4-11-9(3-1)7-10-5-6-13-8-12(10)14-11;/h1-6,8H,7H2;1H. The fourth-order valence-electron chi connectivity index (χ4n) is 1.72. The molecule has 0 radical (unpaired) electrons. The van der Waals surface area contributed by atoms with Gasteiger partial charge < -0.3 is 4.74 Å². The van der Waals surface area contributed by atoms with Crippen molar-refractivity contribution >= 4 is 24.0 Å². The molecule has 76 valence electrons. The van der Waals surface area contributed by atoms with Crippen molar-refractivity contribution in [3.05, 3.63) is 53.9 Å². The first kappa shape index (κ1) is 10.4. The number of para-hydroxylation sites is 1. The molecule has 2 aromatic rings. The summed E-state index contributed by atoms with van der Waals surface area (Å²) in [6, 6.07) is 10.1. The Balaban J connectivity index is 0.000000853. The Morgan fingerprint density at radius 3 is 2.73 bits per heavy atom. The smallest absolute Gasteiger partial charge is 0.149 e. The van der Waals surface area contributed by atoms with Gasteiger partial charge in [0.2, 0.25) is 0 Å². The lowest BCUT2D eigenvalue weighted by Gasteiger charge is -2.18. The maximum absolute atomic E-state index is 5.71. The molecule has 0 saturated carbocycles. The minimum atomic E-state index is 0. The van der Waals surface area contributed by atoms with Crippen molar-refractivity contribution in [3.63, 3.8) is 0 Å². The zero-order chi connectivity index (χ0) is 9.38. The first-order valence-corrected chi connectivity index (χ1v) is 4.62. The van der Waals surface area contributed by atoms with Crippen LogP contribution in [0, 0.1) is 0 Å². The van der Waals surface area contributed by atoms with Gasteiger partial charge in [-0.1, -0.05) is 18.2 Å². The maximum Gasteiger partial charge on any atom is 0.149 e. The third-order valence-electron chi connectivity index (χ3n) is 2.44. The summed E-state index contributed by atoms with van der Waals surface area (Å²) in [5, 5.41) is 0. The number of ether oxygens (including phenoxy) is 1. The van der Waals surface area contributed by atoms with Crippen LogP contribution >= 0.6 is 24.0 Å². The number of rotatable bonds is 0. The van der Waals surface area contributed by atoms with Crippen LogP contribution in [0.5, 0.6) is 11.5 Å². The van der Waals surface area contributed by atoms with Crippen molar-refractivity contribution < 1.29 is 4.74 Å². The summed E-state index contributed by atoms with van der Waals surface area (Å²) in [4.78, 5) is 4.05. The van der Waals surface area contributed by atoms with Gasteiger partial charge >= 0.3 is 0 Å². The Hall–Kier alpha value is -1.10. The highest BCUT2D eigenvalue weighted by Gasteiger charge is 2.15. The molecule has 1 aliphatic heterocycles. The minimum absolute atomic E-state index is 0. The van der Waals surface area contributed by atoms with Crippen molar-refractivity contribution in [2.75, 3.05) is 0 Å². The number of nitrogens with zero attached hydrogens (tertiary/aromatic N) is 1. The maximum atomic E-state index is 5.71. The number of hydrogen-bond donors (Lipinski definition) is 0. The summed E-state index contributed by atoms with van der Waals surface area (Å²) in [7, 11) is 0. The Labute approximate surface area is 105 Å². The van der Waals surface area contributed by atoms with Crippen LogP contribution in [0.1, 0.15) is 11.1 Å². The SMILES string of the molecule is I.c1ccc2c(c1)Cc1ccncc1O2. The van der Waals surface area contributed by atoms with Crippen molar-refractivity contribution in [2.45, 2.75) is 6.42 Å². The molecule has 1 aliphatic rings. The molecule has 15 heavy (non-hydrogen) atoms. The number of benzene rings is 1. The topological polar surface area (TPSA) is 22.1 Å². The first-order valence-electron chi connectivity index (χ1n) is 4.62. The average molecular weight is 311 g/mol. The van der Waals surface area contributed by atoms with E-state index in [0.717, 1.165) is 17.9 Å². The van der Waals surface area contributed by atoms with Gasteiger partial charge in [-0.05, 0) is 17.7 Å². The van der Waals surface area contributed by atoms with Crippen LogP contribution in [0.2, 0.25) is 0 Å². The van der Waals surface area contributed by atoms with Gasteiger partial charge in [0, 0.05) is 18.2 Å². The van der Waals surface area contributed by atoms with Gasteiger partial charge in [-0.3, -0.25) is 4.98 Å². The Bertz CT molecular complexity index is 397. The van der Waals surface area contributed by atoms with E-state index in [-0.39, 0.29) is 24.0 Å². The summed E-state index contributed by atoms with van der Waals surface area (Å²) in [5.41, 5.74) is 2.45. The van der Waals surface area contributed by atoms with E-state index in [0.29, 0.717) is 0 Å². The molecule has 2 heterocycles. The molecule has 0 bridgehead atoms. The van der Waals surface area contributed by atoms with Gasteiger partial charge in [0.25, 0.3) is 0 Å². The monoisotopic (exact) mass is 311 g/mol. The molecule has 0 fully saturated rings. The van der Waals surface area contributed by atoms with Crippen molar-refractivity contribution in [1.29, 1.82) is 0 Å². The van der Waals surface area contributed by atoms with E-state index in [1.807, 2.05) is 24.3 Å². The zero-order valence-electron chi connectivity index (χ0n) is 8.01. The predicted octanol–water partition coefficient (Wildman–Crippen LogP) is 3.40. The predicted molar refractivity (Wildman–Crippen MR) is 69.0 cm³/mol. The van der Waals surface area contributed by atoms with Crippen molar-refractivity contribution in [1.82, 2.24) is 4.98 Å². The molecule has 0 aliphatic carbocycles. The van der Waals surface area contributed by atoms with Gasteiger partial charge in [0.1, 0.15) is 11.5 Å². The molecule has 0 atom stereocenters. The molecule has 0 N–H and O–H groups in total. The summed E-state index contributed by atoms with van der Waals surface area (Å²) in [6.45, 7) is 0. The van der Waals surface area contributed by atoms with Crippen LogP contribution in [0.25, 0.3) is 0 Å². The Morgan fingerprint density at radius 1 is 1.00 bits per heavy atom. The second kappa shape index (κ2) is 4.18. The normalized spacial score (nSPS) is 11.7. The van der Waals surface area contributed by atoms with E-state index in [1.165, 1.54) is 11.1 Å². The molecular formula is C12H10INO. The summed E-state index contributed by atoms with van der Waals surface area (Å²) in [6.07, 6.45) is 4.51. The molecule has 3 rings (SSSR count). The van der Waals surface area contributed by atoms with Crippen LogP contribution in [0.4, 0.5) is 0 Å². The van der Waals surface area contributed by atoms with Gasteiger partial charge in [-0.25, -0.2) is 0 Å². The van der Waals surface area contributed by atoms with Crippen LogP contribution in [-0.2, 0) is 6.42 Å². The number of aromatic nitrogens is 1. The second-order valence-electron chi connectivity index (χ2n) is 3.37. The Kier molecular flexibility index (Phi) is 2.90. The lowest BCUT2D eigenvalue weighted by Crippen LogP contribution is -2.02. The molecule has 1 aromatic carbocycles. The van der Waals surface area contributed by atoms with E-state index in [1.54, 1.807) is 12.4 Å². The van der Waals surface area contributed by atoms with E-state index in [9.17, 15) is 0 Å². The third-order valence-corrected chi connectivity index (χ3v) is 2.44. The van der Waals surface area contributed by atoms with Crippen molar-refractivity contribution in [3.8, 4) is 11.5 Å². The molecule has 1 aromatic heterocycles. The summed E-state index contributed by atoms with van der Waals surface area (Å²) < 4.78 is 5.71. The summed E-state index contributed by atoms with van der Waals surface area (Å²) in [5.74, 6) is 1.83. The fourth-order valence-corrected chi connectivity index (χ4v) is 1.72. The van der Waals surface area contributed by atoms with Crippen LogP contribution in [0.15, 0.2) is 42.7 Å².